The number of halogens is 3. The summed E-state index contributed by atoms with van der Waals surface area (Å²) in [5, 5.41) is 13.2. The van der Waals surface area contributed by atoms with E-state index in [-0.39, 0.29) is 36.0 Å². The summed E-state index contributed by atoms with van der Waals surface area (Å²) in [7, 11) is 0. The molecule has 3 heterocycles. The molecule has 0 radical (unpaired) electrons. The fourth-order valence-corrected chi connectivity index (χ4v) is 4.26. The van der Waals surface area contributed by atoms with Gasteiger partial charge in [0.05, 0.1) is 13.2 Å². The van der Waals surface area contributed by atoms with E-state index in [4.69, 9.17) is 4.74 Å². The predicted molar refractivity (Wildman–Crippen MR) is 79.7 cm³/mol. The molecule has 1 amide bonds. The Bertz CT molecular complexity index is 697. The van der Waals surface area contributed by atoms with Gasteiger partial charge in [-0.05, 0) is 19.3 Å². The Kier molecular flexibility index (Phi) is 3.84. The molecule has 2 fully saturated rings. The SMILES string of the molecule is O=C(Cn1nc(C(F)(F)F)c2c1CCC2)N1CC(CO)C2(COC2)C1. The maximum atomic E-state index is 13.1. The van der Waals surface area contributed by atoms with Crippen LogP contribution in [-0.2, 0) is 35.1 Å². The number of carbonyl (C=O) groups is 1. The van der Waals surface area contributed by atoms with Gasteiger partial charge in [-0.2, -0.15) is 18.3 Å². The number of hydrogen-bond acceptors (Lipinski definition) is 4. The minimum atomic E-state index is -4.49. The van der Waals surface area contributed by atoms with E-state index in [9.17, 15) is 23.1 Å². The van der Waals surface area contributed by atoms with Crippen molar-refractivity contribution in [3.63, 3.8) is 0 Å². The van der Waals surface area contributed by atoms with Crippen molar-refractivity contribution in [3.05, 3.63) is 17.0 Å². The molecule has 2 saturated heterocycles. The third-order valence-electron chi connectivity index (χ3n) is 5.73. The van der Waals surface area contributed by atoms with E-state index in [0.717, 1.165) is 0 Å². The monoisotopic (exact) mass is 359 g/mol. The highest BCUT2D eigenvalue weighted by Gasteiger charge is 2.52. The molecule has 6 nitrogen and oxygen atoms in total. The highest BCUT2D eigenvalue weighted by Crippen LogP contribution is 2.42. The molecular formula is C16H20F3N3O3. The van der Waals surface area contributed by atoms with Gasteiger partial charge in [-0.3, -0.25) is 9.48 Å². The molecule has 0 bridgehead atoms. The Hall–Kier alpha value is -1.61. The molecule has 9 heteroatoms. The molecule has 0 aromatic carbocycles. The van der Waals surface area contributed by atoms with Gasteiger partial charge in [0.1, 0.15) is 6.54 Å². The van der Waals surface area contributed by atoms with Gasteiger partial charge in [0, 0.05) is 42.3 Å². The number of aliphatic hydroxyl groups is 1. The Morgan fingerprint density at radius 1 is 1.36 bits per heavy atom. The number of alkyl halides is 3. The summed E-state index contributed by atoms with van der Waals surface area (Å²) in [6.45, 7) is 1.70. The minimum absolute atomic E-state index is 0.0253. The van der Waals surface area contributed by atoms with Crippen molar-refractivity contribution in [2.75, 3.05) is 32.9 Å². The van der Waals surface area contributed by atoms with Gasteiger partial charge in [0.15, 0.2) is 5.69 Å². The predicted octanol–water partition coefficient (Wildman–Crippen LogP) is 0.858. The summed E-state index contributed by atoms with van der Waals surface area (Å²) >= 11 is 0. The smallest absolute Gasteiger partial charge is 0.396 e. The minimum Gasteiger partial charge on any atom is -0.396 e. The van der Waals surface area contributed by atoms with Crippen molar-refractivity contribution in [1.82, 2.24) is 14.7 Å². The molecule has 1 unspecified atom stereocenters. The number of likely N-dealkylation sites (tertiary alicyclic amines) is 1. The van der Waals surface area contributed by atoms with E-state index in [0.29, 0.717) is 51.3 Å². The van der Waals surface area contributed by atoms with Crippen molar-refractivity contribution in [1.29, 1.82) is 0 Å². The van der Waals surface area contributed by atoms with Crippen molar-refractivity contribution in [2.45, 2.75) is 32.0 Å². The summed E-state index contributed by atoms with van der Waals surface area (Å²) in [4.78, 5) is 14.2. The van der Waals surface area contributed by atoms with E-state index in [2.05, 4.69) is 5.10 Å². The first-order valence-electron chi connectivity index (χ1n) is 8.46. The number of aromatic nitrogens is 2. The topological polar surface area (TPSA) is 67.6 Å². The number of amides is 1. The third kappa shape index (κ3) is 2.64. The van der Waals surface area contributed by atoms with Crippen LogP contribution in [0.4, 0.5) is 13.2 Å². The van der Waals surface area contributed by atoms with Crippen molar-refractivity contribution < 1.29 is 27.8 Å². The highest BCUT2D eigenvalue weighted by molar-refractivity contribution is 5.76. The van der Waals surface area contributed by atoms with E-state index in [1.165, 1.54) is 4.68 Å². The second-order valence-corrected chi connectivity index (χ2v) is 7.29. The third-order valence-corrected chi connectivity index (χ3v) is 5.73. The van der Waals surface area contributed by atoms with Crippen LogP contribution in [0.15, 0.2) is 0 Å². The second kappa shape index (κ2) is 5.70. The van der Waals surface area contributed by atoms with Gasteiger partial charge in [0.25, 0.3) is 0 Å². The average molecular weight is 359 g/mol. The quantitative estimate of drug-likeness (QED) is 0.869. The lowest BCUT2D eigenvalue weighted by Gasteiger charge is -2.41. The van der Waals surface area contributed by atoms with Gasteiger partial charge < -0.3 is 14.7 Å². The first kappa shape index (κ1) is 16.8. The van der Waals surface area contributed by atoms with E-state index < -0.39 is 11.9 Å². The summed E-state index contributed by atoms with van der Waals surface area (Å²) < 4.78 is 45.9. The molecule has 1 atom stereocenters. The number of aliphatic hydroxyl groups excluding tert-OH is 1. The summed E-state index contributed by atoms with van der Waals surface area (Å²) in [5.41, 5.74) is -0.293. The maximum Gasteiger partial charge on any atom is 0.435 e. The highest BCUT2D eigenvalue weighted by atomic mass is 19.4. The molecular weight excluding hydrogens is 339 g/mol. The zero-order chi connectivity index (χ0) is 17.8. The number of carbonyl (C=O) groups excluding carboxylic acids is 1. The standard InChI is InChI=1S/C16H20F3N3O3/c17-16(18,19)14-11-2-1-3-12(11)22(20-14)5-13(24)21-4-10(6-23)15(7-21)8-25-9-15/h10,23H,1-9H2. The summed E-state index contributed by atoms with van der Waals surface area (Å²) in [6, 6.07) is 0. The summed E-state index contributed by atoms with van der Waals surface area (Å²) in [6.07, 6.45) is -2.97. The fraction of sp³-hybridized carbons (Fsp3) is 0.750. The van der Waals surface area contributed by atoms with Gasteiger partial charge in [0.2, 0.25) is 5.91 Å². The average Bonchev–Trinajstić information content (AvgIpc) is 3.18. The van der Waals surface area contributed by atoms with E-state index >= 15 is 0 Å². The molecule has 4 rings (SSSR count). The largest absolute Gasteiger partial charge is 0.435 e. The molecule has 1 aromatic rings. The van der Waals surface area contributed by atoms with Crippen LogP contribution in [0.1, 0.15) is 23.4 Å². The van der Waals surface area contributed by atoms with Crippen LogP contribution >= 0.6 is 0 Å². The molecule has 0 saturated carbocycles. The molecule has 2 aliphatic heterocycles. The molecule has 1 N–H and O–H groups in total. The number of hydrogen-bond donors (Lipinski definition) is 1. The molecule has 1 spiro atoms. The molecule has 1 aliphatic carbocycles. The lowest BCUT2D eigenvalue weighted by atomic mass is 9.77. The number of rotatable bonds is 3. The van der Waals surface area contributed by atoms with Crippen LogP contribution in [0.5, 0.6) is 0 Å². The first-order chi connectivity index (χ1) is 11.8. The number of nitrogens with zero attached hydrogens (tertiary/aromatic N) is 3. The van der Waals surface area contributed by atoms with Crippen LogP contribution in [-0.4, -0.2) is 58.6 Å². The van der Waals surface area contributed by atoms with Gasteiger partial charge in [-0.15, -0.1) is 0 Å². The Morgan fingerprint density at radius 3 is 2.68 bits per heavy atom. The number of ether oxygens (including phenoxy) is 1. The second-order valence-electron chi connectivity index (χ2n) is 7.29. The normalized spacial score (nSPS) is 24.6. The number of fused-ring (bicyclic) bond motifs is 1. The zero-order valence-corrected chi connectivity index (χ0v) is 13.7. The van der Waals surface area contributed by atoms with Crippen LogP contribution in [0.25, 0.3) is 0 Å². The van der Waals surface area contributed by atoms with Gasteiger partial charge >= 0.3 is 6.18 Å². The van der Waals surface area contributed by atoms with Gasteiger partial charge in [-0.25, -0.2) is 0 Å². The molecule has 138 valence electrons. The molecule has 25 heavy (non-hydrogen) atoms. The summed E-state index contributed by atoms with van der Waals surface area (Å²) in [5.74, 6) is -0.299. The van der Waals surface area contributed by atoms with E-state index in [1.807, 2.05) is 0 Å². The maximum absolute atomic E-state index is 13.1. The lowest BCUT2D eigenvalue weighted by molar-refractivity contribution is -0.143. The van der Waals surface area contributed by atoms with Crippen LogP contribution < -0.4 is 0 Å². The van der Waals surface area contributed by atoms with Crippen LogP contribution in [0.3, 0.4) is 0 Å². The van der Waals surface area contributed by atoms with Crippen LogP contribution in [0, 0.1) is 11.3 Å². The van der Waals surface area contributed by atoms with Crippen molar-refractivity contribution in [2.24, 2.45) is 11.3 Å². The Labute approximate surface area is 142 Å². The van der Waals surface area contributed by atoms with E-state index in [1.54, 1.807) is 4.90 Å². The van der Waals surface area contributed by atoms with Crippen molar-refractivity contribution >= 4 is 5.91 Å². The zero-order valence-electron chi connectivity index (χ0n) is 13.7. The van der Waals surface area contributed by atoms with Crippen molar-refractivity contribution in [3.8, 4) is 0 Å². The fourth-order valence-electron chi connectivity index (χ4n) is 4.26. The van der Waals surface area contributed by atoms with Crippen LogP contribution in [0.2, 0.25) is 0 Å². The molecule has 1 aromatic heterocycles. The molecule has 3 aliphatic rings. The lowest BCUT2D eigenvalue weighted by Crippen LogP contribution is -2.50. The Balaban J connectivity index is 1.52. The first-order valence-corrected chi connectivity index (χ1v) is 8.46. The van der Waals surface area contributed by atoms with Gasteiger partial charge in [-0.1, -0.05) is 0 Å². The Morgan fingerprint density at radius 2 is 2.12 bits per heavy atom.